The summed E-state index contributed by atoms with van der Waals surface area (Å²) < 4.78 is 30.2. The van der Waals surface area contributed by atoms with Crippen molar-refractivity contribution in [3.05, 3.63) is 83.0 Å². The number of carbonyl (C=O) groups excluding carboxylic acids is 4. The second-order valence-corrected chi connectivity index (χ2v) is 21.3. The molecule has 1 aromatic heterocycles. The van der Waals surface area contributed by atoms with Crippen LogP contribution in [0.25, 0.3) is 0 Å². The monoisotopic (exact) mass is 970 g/mol. The number of hydrogen-bond acceptors (Lipinski definition) is 15. The van der Waals surface area contributed by atoms with Gasteiger partial charge in [-0.15, -0.1) is 0 Å². The van der Waals surface area contributed by atoms with E-state index in [0.717, 1.165) is 56.0 Å². The van der Waals surface area contributed by atoms with E-state index in [4.69, 9.17) is 25.8 Å². The molecule has 4 amide bonds. The number of nitrogens with one attached hydrogen (secondary N) is 4. The highest BCUT2D eigenvalue weighted by Gasteiger charge is 2.40. The molecule has 0 radical (unpaired) electrons. The van der Waals surface area contributed by atoms with Crippen molar-refractivity contribution in [1.29, 1.82) is 0 Å². The average Bonchev–Trinajstić information content (AvgIpc) is 3.67. The zero-order valence-electron chi connectivity index (χ0n) is 38.8. The van der Waals surface area contributed by atoms with Gasteiger partial charge in [-0.3, -0.25) is 29.4 Å². The molecule has 3 saturated heterocycles. The molecule has 0 bridgehead atoms. The summed E-state index contributed by atoms with van der Waals surface area (Å²) in [5, 5.41) is 13.2. The molecule has 362 valence electrons. The zero-order valence-corrected chi connectivity index (χ0v) is 40.5. The van der Waals surface area contributed by atoms with Crippen LogP contribution >= 0.6 is 18.7 Å². The topological polar surface area (TPSA) is 200 Å². The predicted octanol–water partition coefficient (Wildman–Crippen LogP) is 5.28. The third-order valence-corrected chi connectivity index (χ3v) is 14.7. The predicted molar refractivity (Wildman–Crippen MR) is 263 cm³/mol. The molecule has 8 rings (SSSR count). The van der Waals surface area contributed by atoms with Gasteiger partial charge in [-0.25, -0.2) is 4.98 Å². The molecule has 0 saturated carbocycles. The normalized spacial score (nSPS) is 18.1. The van der Waals surface area contributed by atoms with Crippen LogP contribution in [-0.2, 0) is 35.0 Å². The molecule has 1 unspecified atom stereocenters. The summed E-state index contributed by atoms with van der Waals surface area (Å²) in [4.78, 5) is 67.5. The lowest BCUT2D eigenvalue weighted by atomic mass is 10.0. The summed E-state index contributed by atoms with van der Waals surface area (Å²) in [6.45, 7) is 10.7. The summed E-state index contributed by atoms with van der Waals surface area (Å²) in [7, 11) is -0.921. The van der Waals surface area contributed by atoms with Gasteiger partial charge in [-0.05, 0) is 69.0 Å². The minimum atomic E-state index is -2.56. The highest BCUT2D eigenvalue weighted by molar-refractivity contribution is 7.70. The van der Waals surface area contributed by atoms with Crippen LogP contribution in [-0.4, -0.2) is 153 Å². The lowest BCUT2D eigenvalue weighted by molar-refractivity contribution is -0.137. The average molecular weight is 971 g/mol. The number of methoxy groups -OCH3 is 1. The van der Waals surface area contributed by atoms with Gasteiger partial charge in [0.25, 0.3) is 5.91 Å². The first-order valence-electron chi connectivity index (χ1n) is 23.2. The van der Waals surface area contributed by atoms with Gasteiger partial charge in [0.2, 0.25) is 23.7 Å². The number of amides is 4. The lowest BCUT2D eigenvalue weighted by Gasteiger charge is -2.43. The highest BCUT2D eigenvalue weighted by Crippen LogP contribution is 2.39. The fraction of sp³-hybridized carbons (Fsp3) is 0.458. The SMILES string of the molecule is COc1cc(N2CCC(N3CCN(C(=O)CCOCCOCCNc4cccc5c4CN(C4CCC(=O)NC4=O)C5=O)CC3)CC2)ccc1Nc1ncc(Cl)c(Nc2ccccc2P(C)(C)=O)n1. The maximum absolute atomic E-state index is 13.1. The fourth-order valence-corrected chi connectivity index (χ4v) is 10.6. The standard InChI is InChI=1S/C48H60ClN10O8P/c1-65-41-29-33(11-12-38(41)53-48-51-30-36(49)45(55-48)52-39-8-4-5-10-42(39)68(2,3)64)56-19-15-32(16-20-56)57-21-23-58(24-22-57)44(61)17-25-66-27-28-67-26-18-50-37-9-6-7-34-35(37)31-59(47(34)63)40-13-14-43(60)54-46(40)62/h4-12,29-30,32,40,50H,13-28,31H2,1-3H3,(H,54,60,62)(H2,51,52,53,55). The van der Waals surface area contributed by atoms with Gasteiger partial charge in [0.15, 0.2) is 5.82 Å². The van der Waals surface area contributed by atoms with Gasteiger partial charge < -0.3 is 49.4 Å². The number of ether oxygens (including phenoxy) is 3. The van der Waals surface area contributed by atoms with Crippen molar-refractivity contribution < 1.29 is 38.0 Å². The summed E-state index contributed by atoms with van der Waals surface area (Å²) in [6.07, 6.45) is 4.42. The number of piperazine rings is 1. The van der Waals surface area contributed by atoms with Gasteiger partial charge in [0, 0.05) is 98.7 Å². The Hall–Kier alpha value is -5.78. The number of piperidine rings is 2. The molecule has 0 aliphatic carbocycles. The number of aromatic nitrogens is 2. The Morgan fingerprint density at radius 2 is 1.62 bits per heavy atom. The van der Waals surface area contributed by atoms with Gasteiger partial charge in [-0.2, -0.15) is 4.98 Å². The molecular formula is C48H60ClN10O8P. The minimum absolute atomic E-state index is 0.105. The molecule has 4 N–H and O–H groups in total. The molecule has 20 heteroatoms. The number of fused-ring (bicyclic) bond motifs is 1. The first-order chi connectivity index (χ1) is 32.9. The summed E-state index contributed by atoms with van der Waals surface area (Å²) in [6, 6.07) is 18.8. The van der Waals surface area contributed by atoms with Crippen molar-refractivity contribution in [1.82, 2.24) is 30.0 Å². The second-order valence-electron chi connectivity index (χ2n) is 17.7. The lowest BCUT2D eigenvalue weighted by Crippen LogP contribution is -2.54. The van der Waals surface area contributed by atoms with Crippen molar-refractivity contribution in [3.8, 4) is 5.75 Å². The number of nitrogens with zero attached hydrogens (tertiary/aromatic N) is 6. The van der Waals surface area contributed by atoms with E-state index < -0.39 is 19.1 Å². The number of para-hydroxylation sites is 1. The molecule has 1 atom stereocenters. The van der Waals surface area contributed by atoms with Crippen LogP contribution in [0.3, 0.4) is 0 Å². The third kappa shape index (κ3) is 11.7. The third-order valence-electron chi connectivity index (χ3n) is 12.9. The molecule has 0 spiro atoms. The Balaban J connectivity index is 0.704. The van der Waals surface area contributed by atoms with E-state index in [0.29, 0.717) is 116 Å². The van der Waals surface area contributed by atoms with Crippen LogP contribution in [0, 0.1) is 0 Å². The Labute approximate surface area is 401 Å². The van der Waals surface area contributed by atoms with Crippen molar-refractivity contribution in [3.63, 3.8) is 0 Å². The van der Waals surface area contributed by atoms with Crippen LogP contribution in [0.2, 0.25) is 5.02 Å². The number of rotatable bonds is 19. The van der Waals surface area contributed by atoms with E-state index in [1.807, 2.05) is 53.4 Å². The van der Waals surface area contributed by atoms with Crippen molar-refractivity contribution >= 4 is 82.2 Å². The molecule has 5 heterocycles. The van der Waals surface area contributed by atoms with Gasteiger partial charge in [-0.1, -0.05) is 29.8 Å². The number of carbonyl (C=O) groups is 4. The summed E-state index contributed by atoms with van der Waals surface area (Å²) in [5.41, 5.74) is 4.65. The molecule has 3 fully saturated rings. The van der Waals surface area contributed by atoms with E-state index in [2.05, 4.69) is 47.1 Å². The van der Waals surface area contributed by atoms with Crippen LogP contribution in [0.5, 0.6) is 5.75 Å². The van der Waals surface area contributed by atoms with E-state index in [1.54, 1.807) is 31.4 Å². The van der Waals surface area contributed by atoms with E-state index in [9.17, 15) is 23.7 Å². The van der Waals surface area contributed by atoms with Gasteiger partial charge in [0.05, 0.1) is 57.5 Å². The number of halogens is 1. The van der Waals surface area contributed by atoms with Crippen LogP contribution in [0.15, 0.2) is 66.9 Å². The first-order valence-corrected chi connectivity index (χ1v) is 26.2. The Kier molecular flexibility index (Phi) is 15.8. The molecule has 4 aliphatic heterocycles. The Morgan fingerprint density at radius 1 is 0.868 bits per heavy atom. The van der Waals surface area contributed by atoms with Gasteiger partial charge in [0.1, 0.15) is 24.0 Å². The largest absolute Gasteiger partial charge is 0.494 e. The first kappa shape index (κ1) is 48.7. The van der Waals surface area contributed by atoms with E-state index in [-0.39, 0.29) is 24.1 Å². The van der Waals surface area contributed by atoms with E-state index in [1.165, 1.54) is 6.20 Å². The number of benzene rings is 3. The molecule has 18 nitrogen and oxygen atoms in total. The molecule has 68 heavy (non-hydrogen) atoms. The van der Waals surface area contributed by atoms with Crippen molar-refractivity contribution in [2.75, 3.05) is 114 Å². The molecule has 3 aromatic carbocycles. The molecular weight excluding hydrogens is 911 g/mol. The van der Waals surface area contributed by atoms with E-state index >= 15 is 0 Å². The number of imide groups is 1. The number of hydrogen-bond donors (Lipinski definition) is 4. The zero-order chi connectivity index (χ0) is 47.8. The minimum Gasteiger partial charge on any atom is -0.494 e. The molecule has 4 aliphatic rings. The van der Waals surface area contributed by atoms with Crippen LogP contribution in [0.4, 0.5) is 34.5 Å². The maximum Gasteiger partial charge on any atom is 0.255 e. The van der Waals surface area contributed by atoms with Crippen molar-refractivity contribution in [2.45, 2.75) is 50.7 Å². The Bertz CT molecular complexity index is 2530. The van der Waals surface area contributed by atoms with Gasteiger partial charge >= 0.3 is 0 Å². The number of anilines is 6. The molecule has 4 aromatic rings. The second kappa shape index (κ2) is 22.1. The van der Waals surface area contributed by atoms with Crippen molar-refractivity contribution in [2.24, 2.45) is 0 Å². The Morgan fingerprint density at radius 3 is 2.37 bits per heavy atom. The maximum atomic E-state index is 13.1. The highest BCUT2D eigenvalue weighted by atomic mass is 35.5. The summed E-state index contributed by atoms with van der Waals surface area (Å²) in [5.74, 6) is 0.530. The van der Waals surface area contributed by atoms with Crippen LogP contribution in [0.1, 0.15) is 48.0 Å². The van der Waals surface area contributed by atoms with Crippen LogP contribution < -0.4 is 36.2 Å². The summed E-state index contributed by atoms with van der Waals surface area (Å²) >= 11 is 6.48. The fourth-order valence-electron chi connectivity index (χ4n) is 9.27. The quantitative estimate of drug-likeness (QED) is 0.0537. The smallest absolute Gasteiger partial charge is 0.255 e.